The molecule has 2 heterocycles. The van der Waals surface area contributed by atoms with Crippen LogP contribution in [0.4, 0.5) is 0 Å². The zero-order valence-electron chi connectivity index (χ0n) is 11.4. The summed E-state index contributed by atoms with van der Waals surface area (Å²) in [6.45, 7) is 5.38. The number of nitrogen functional groups attached to an aromatic ring is 1. The number of carbonyl (C=O) groups is 1. The molecule has 1 aromatic heterocycles. The fourth-order valence-corrected chi connectivity index (χ4v) is 3.28. The molecule has 1 aliphatic heterocycles. The van der Waals surface area contributed by atoms with Crippen molar-refractivity contribution < 1.29 is 4.79 Å². The average Bonchev–Trinajstić information content (AvgIpc) is 2.77. The smallest absolute Gasteiger partial charge is 0.294 e. The van der Waals surface area contributed by atoms with Crippen molar-refractivity contribution in [3.8, 4) is 0 Å². The number of nitrogens with one attached hydrogen (secondary N) is 1. The zero-order chi connectivity index (χ0) is 13.7. The van der Waals surface area contributed by atoms with Crippen LogP contribution in [0.25, 0.3) is 0 Å². The third kappa shape index (κ3) is 3.99. The van der Waals surface area contributed by atoms with Crippen molar-refractivity contribution in [2.24, 2.45) is 11.8 Å². The number of nitrogens with two attached hydrogens (primary N) is 1. The van der Waals surface area contributed by atoms with Gasteiger partial charge < -0.3 is 0 Å². The summed E-state index contributed by atoms with van der Waals surface area (Å²) in [6.07, 6.45) is 5.16. The van der Waals surface area contributed by atoms with E-state index >= 15 is 0 Å². The van der Waals surface area contributed by atoms with Gasteiger partial charge in [0.05, 0.1) is 5.69 Å². The van der Waals surface area contributed by atoms with E-state index in [1.165, 1.54) is 37.0 Å². The molecule has 1 saturated heterocycles. The quantitative estimate of drug-likeness (QED) is 0.501. The topological polar surface area (TPSA) is 71.2 Å². The normalized spacial score (nSPS) is 21.1. The van der Waals surface area contributed by atoms with E-state index in [2.05, 4.69) is 22.2 Å². The van der Waals surface area contributed by atoms with E-state index in [1.807, 2.05) is 5.38 Å². The van der Waals surface area contributed by atoms with Crippen molar-refractivity contribution in [2.75, 3.05) is 13.1 Å². The number of thiazole rings is 1. The van der Waals surface area contributed by atoms with E-state index < -0.39 is 0 Å². The van der Waals surface area contributed by atoms with Gasteiger partial charge in [0, 0.05) is 11.9 Å². The minimum Gasteiger partial charge on any atom is -0.297 e. The Morgan fingerprint density at radius 1 is 1.58 bits per heavy atom. The first kappa shape index (κ1) is 14.4. The molecule has 0 spiro atoms. The van der Waals surface area contributed by atoms with Crippen LogP contribution in [0.1, 0.15) is 48.1 Å². The van der Waals surface area contributed by atoms with Gasteiger partial charge in [0.2, 0.25) is 0 Å². The van der Waals surface area contributed by atoms with Crippen LogP contribution >= 0.6 is 11.3 Å². The third-order valence-electron chi connectivity index (χ3n) is 3.78. The molecule has 1 amide bonds. The third-order valence-corrected chi connectivity index (χ3v) is 4.67. The van der Waals surface area contributed by atoms with E-state index in [1.54, 1.807) is 0 Å². The second-order valence-electron chi connectivity index (χ2n) is 5.10. The molecule has 1 atom stereocenters. The fourth-order valence-electron chi connectivity index (χ4n) is 2.57. The lowest BCUT2D eigenvalue weighted by molar-refractivity contribution is 0.0953. The van der Waals surface area contributed by atoms with Gasteiger partial charge in [0.1, 0.15) is 0 Å². The average molecular weight is 282 g/mol. The van der Waals surface area contributed by atoms with Crippen LogP contribution in [0.15, 0.2) is 5.38 Å². The Balaban J connectivity index is 1.90. The Labute approximate surface area is 118 Å². The Kier molecular flexibility index (Phi) is 5.30. The molecule has 1 fully saturated rings. The molecule has 2 rings (SSSR count). The number of carbonyl (C=O) groups excluding carboxylic acids is 1. The molecule has 19 heavy (non-hydrogen) atoms. The SMILES string of the molecule is CCC1CCCN(Cc2csc(C(=O)NN)n2)CC1. The Morgan fingerprint density at radius 2 is 2.42 bits per heavy atom. The summed E-state index contributed by atoms with van der Waals surface area (Å²) in [4.78, 5) is 18.1. The largest absolute Gasteiger partial charge is 0.297 e. The van der Waals surface area contributed by atoms with Crippen molar-refractivity contribution in [3.63, 3.8) is 0 Å². The van der Waals surface area contributed by atoms with Crippen molar-refractivity contribution >= 4 is 17.2 Å². The minimum atomic E-state index is -0.307. The molecule has 1 unspecified atom stereocenters. The highest BCUT2D eigenvalue weighted by molar-refractivity contribution is 7.11. The second kappa shape index (κ2) is 6.98. The number of nitrogens with zero attached hydrogens (tertiary/aromatic N) is 2. The summed E-state index contributed by atoms with van der Waals surface area (Å²) in [5.74, 6) is 5.67. The second-order valence-corrected chi connectivity index (χ2v) is 5.96. The number of likely N-dealkylation sites (tertiary alicyclic amines) is 1. The maximum atomic E-state index is 11.4. The molecule has 0 aliphatic carbocycles. The summed E-state index contributed by atoms with van der Waals surface area (Å²) >= 11 is 1.35. The van der Waals surface area contributed by atoms with E-state index in [0.29, 0.717) is 5.01 Å². The highest BCUT2D eigenvalue weighted by Crippen LogP contribution is 2.21. The molecule has 6 heteroatoms. The van der Waals surface area contributed by atoms with Gasteiger partial charge in [0.25, 0.3) is 5.91 Å². The molecule has 3 N–H and O–H groups in total. The Morgan fingerprint density at radius 3 is 3.16 bits per heavy atom. The Bertz CT molecular complexity index is 421. The van der Waals surface area contributed by atoms with Crippen molar-refractivity contribution in [3.05, 3.63) is 16.1 Å². The number of hydrogen-bond acceptors (Lipinski definition) is 5. The summed E-state index contributed by atoms with van der Waals surface area (Å²) in [5, 5.41) is 2.39. The maximum Gasteiger partial charge on any atom is 0.294 e. The van der Waals surface area contributed by atoms with E-state index in [9.17, 15) is 4.79 Å². The van der Waals surface area contributed by atoms with Crippen LogP contribution in [0.5, 0.6) is 0 Å². The van der Waals surface area contributed by atoms with Gasteiger partial charge >= 0.3 is 0 Å². The maximum absolute atomic E-state index is 11.4. The van der Waals surface area contributed by atoms with Gasteiger partial charge in [-0.25, -0.2) is 10.8 Å². The first-order valence-corrected chi connectivity index (χ1v) is 7.78. The minimum absolute atomic E-state index is 0.307. The van der Waals surface area contributed by atoms with Gasteiger partial charge in [-0.15, -0.1) is 11.3 Å². The zero-order valence-corrected chi connectivity index (χ0v) is 12.2. The Hall–Kier alpha value is -0.980. The van der Waals surface area contributed by atoms with Crippen molar-refractivity contribution in [2.45, 2.75) is 39.2 Å². The fraction of sp³-hybridized carbons (Fsp3) is 0.692. The summed E-state index contributed by atoms with van der Waals surface area (Å²) in [5.41, 5.74) is 3.09. The first-order chi connectivity index (χ1) is 9.22. The number of hydrazine groups is 1. The summed E-state index contributed by atoms with van der Waals surface area (Å²) in [6, 6.07) is 0. The van der Waals surface area contributed by atoms with Crippen LogP contribution in [-0.2, 0) is 6.54 Å². The van der Waals surface area contributed by atoms with Crippen LogP contribution in [-0.4, -0.2) is 28.9 Å². The van der Waals surface area contributed by atoms with E-state index in [0.717, 1.165) is 31.2 Å². The number of aromatic nitrogens is 1. The molecule has 106 valence electrons. The molecule has 0 aromatic carbocycles. The van der Waals surface area contributed by atoms with Crippen LogP contribution < -0.4 is 11.3 Å². The highest BCUT2D eigenvalue weighted by Gasteiger charge is 2.17. The number of rotatable bonds is 4. The van der Waals surface area contributed by atoms with Crippen molar-refractivity contribution in [1.82, 2.24) is 15.3 Å². The van der Waals surface area contributed by atoms with E-state index in [-0.39, 0.29) is 5.91 Å². The lowest BCUT2D eigenvalue weighted by Gasteiger charge is -2.18. The molecule has 1 aliphatic rings. The van der Waals surface area contributed by atoms with Crippen LogP contribution in [0.3, 0.4) is 0 Å². The van der Waals surface area contributed by atoms with Gasteiger partial charge in [-0.1, -0.05) is 13.3 Å². The van der Waals surface area contributed by atoms with Gasteiger partial charge in [-0.3, -0.25) is 15.1 Å². The van der Waals surface area contributed by atoms with Crippen molar-refractivity contribution in [1.29, 1.82) is 0 Å². The molecule has 5 nitrogen and oxygen atoms in total. The monoisotopic (exact) mass is 282 g/mol. The van der Waals surface area contributed by atoms with Gasteiger partial charge in [-0.2, -0.15) is 0 Å². The molecular weight excluding hydrogens is 260 g/mol. The highest BCUT2D eigenvalue weighted by atomic mass is 32.1. The van der Waals surface area contributed by atoms with Gasteiger partial charge in [-0.05, 0) is 38.3 Å². The van der Waals surface area contributed by atoms with Crippen LogP contribution in [0, 0.1) is 5.92 Å². The summed E-state index contributed by atoms with van der Waals surface area (Å²) in [7, 11) is 0. The molecule has 0 saturated carbocycles. The van der Waals surface area contributed by atoms with Crippen LogP contribution in [0.2, 0.25) is 0 Å². The van der Waals surface area contributed by atoms with Gasteiger partial charge in [0.15, 0.2) is 5.01 Å². The standard InChI is InChI=1S/C13H22N4OS/c1-2-10-4-3-6-17(7-5-10)8-11-9-19-13(15-11)12(18)16-14/h9-10H,2-8,14H2,1H3,(H,16,18). The molecule has 0 radical (unpaired) electrons. The van der Waals surface area contributed by atoms with E-state index in [4.69, 9.17) is 5.84 Å². The lowest BCUT2D eigenvalue weighted by Crippen LogP contribution is -2.30. The predicted octanol–water partition coefficient (Wildman–Crippen LogP) is 1.76. The lowest BCUT2D eigenvalue weighted by atomic mass is 9.98. The number of amides is 1. The molecule has 0 bridgehead atoms. The number of hydrogen-bond donors (Lipinski definition) is 2. The predicted molar refractivity (Wildman–Crippen MR) is 76.7 cm³/mol. The first-order valence-electron chi connectivity index (χ1n) is 6.90. The summed E-state index contributed by atoms with van der Waals surface area (Å²) < 4.78 is 0. The molecular formula is C13H22N4OS. The molecule has 1 aromatic rings.